The molecule has 1 aliphatic carbocycles. The van der Waals surface area contributed by atoms with E-state index in [2.05, 4.69) is 5.32 Å². The Bertz CT molecular complexity index is 164. The maximum Gasteiger partial charge on any atom is 0.236 e. The molecule has 3 heteroatoms. The van der Waals surface area contributed by atoms with Crippen LogP contribution in [0.15, 0.2) is 0 Å². The van der Waals surface area contributed by atoms with E-state index in [1.165, 1.54) is 32.1 Å². The largest absolute Gasteiger partial charge is 0.358 e. The predicted octanol–water partition coefficient (Wildman–Crippen LogP) is 1.03. The lowest BCUT2D eigenvalue weighted by Gasteiger charge is -2.23. The highest BCUT2D eigenvalue weighted by molar-refractivity contribution is 5.81. The number of nitrogens with one attached hydrogen (secondary N) is 1. The van der Waals surface area contributed by atoms with Gasteiger partial charge in [-0.3, -0.25) is 4.79 Å². The van der Waals surface area contributed by atoms with E-state index in [1.54, 1.807) is 7.05 Å². The Labute approximate surface area is 80.1 Å². The lowest BCUT2D eigenvalue weighted by atomic mass is 9.85. The van der Waals surface area contributed by atoms with Gasteiger partial charge in [0, 0.05) is 7.05 Å². The van der Waals surface area contributed by atoms with Gasteiger partial charge < -0.3 is 11.1 Å². The molecule has 1 atom stereocenters. The van der Waals surface area contributed by atoms with E-state index in [9.17, 15) is 4.79 Å². The van der Waals surface area contributed by atoms with E-state index >= 15 is 0 Å². The first-order valence-electron chi connectivity index (χ1n) is 5.21. The van der Waals surface area contributed by atoms with Crippen LogP contribution in [0.4, 0.5) is 0 Å². The van der Waals surface area contributed by atoms with Crippen LogP contribution in [-0.2, 0) is 4.79 Å². The molecule has 0 aliphatic heterocycles. The lowest BCUT2D eigenvalue weighted by molar-refractivity contribution is -0.122. The highest BCUT2D eigenvalue weighted by atomic mass is 16.2. The van der Waals surface area contributed by atoms with Gasteiger partial charge in [-0.05, 0) is 12.3 Å². The molecule has 1 rings (SSSR count). The third kappa shape index (κ3) is 3.35. The van der Waals surface area contributed by atoms with Crippen molar-refractivity contribution in [2.45, 2.75) is 44.6 Å². The quantitative estimate of drug-likeness (QED) is 0.688. The molecule has 13 heavy (non-hydrogen) atoms. The van der Waals surface area contributed by atoms with Crippen molar-refractivity contribution in [2.24, 2.45) is 11.7 Å². The number of carbonyl (C=O) groups is 1. The monoisotopic (exact) mass is 184 g/mol. The molecule has 0 heterocycles. The Morgan fingerprint density at radius 3 is 2.62 bits per heavy atom. The summed E-state index contributed by atoms with van der Waals surface area (Å²) >= 11 is 0. The van der Waals surface area contributed by atoms with Gasteiger partial charge in [0.25, 0.3) is 0 Å². The summed E-state index contributed by atoms with van der Waals surface area (Å²) in [5.74, 6) is 0.659. The van der Waals surface area contributed by atoms with Crippen molar-refractivity contribution in [3.05, 3.63) is 0 Å². The molecule has 1 amide bonds. The number of likely N-dealkylation sites (N-methyl/N-ethyl adjacent to an activating group) is 1. The van der Waals surface area contributed by atoms with Gasteiger partial charge in [0.2, 0.25) is 5.91 Å². The summed E-state index contributed by atoms with van der Waals surface area (Å²) < 4.78 is 0. The van der Waals surface area contributed by atoms with E-state index in [-0.39, 0.29) is 11.9 Å². The van der Waals surface area contributed by atoms with Crippen molar-refractivity contribution in [1.29, 1.82) is 0 Å². The number of rotatable bonds is 3. The SMILES string of the molecule is CNC(=O)C(N)CC1CCCCC1. The van der Waals surface area contributed by atoms with E-state index in [4.69, 9.17) is 5.73 Å². The van der Waals surface area contributed by atoms with Crippen LogP contribution in [0.25, 0.3) is 0 Å². The average Bonchev–Trinajstić information content (AvgIpc) is 2.18. The lowest BCUT2D eigenvalue weighted by Crippen LogP contribution is -2.40. The van der Waals surface area contributed by atoms with Crippen LogP contribution in [0.3, 0.4) is 0 Å². The van der Waals surface area contributed by atoms with Crippen LogP contribution in [-0.4, -0.2) is 19.0 Å². The second-order valence-electron chi connectivity index (χ2n) is 3.96. The highest BCUT2D eigenvalue weighted by Gasteiger charge is 2.20. The minimum absolute atomic E-state index is 0.0226. The number of carbonyl (C=O) groups excluding carboxylic acids is 1. The van der Waals surface area contributed by atoms with Crippen molar-refractivity contribution in [2.75, 3.05) is 7.05 Å². The van der Waals surface area contributed by atoms with Gasteiger partial charge in [-0.15, -0.1) is 0 Å². The Morgan fingerprint density at radius 2 is 2.08 bits per heavy atom. The fraction of sp³-hybridized carbons (Fsp3) is 0.900. The van der Waals surface area contributed by atoms with Gasteiger partial charge in [0.15, 0.2) is 0 Å². The van der Waals surface area contributed by atoms with E-state index < -0.39 is 0 Å². The molecule has 3 N–H and O–H groups in total. The van der Waals surface area contributed by atoms with Gasteiger partial charge in [-0.1, -0.05) is 32.1 Å². The first-order valence-corrected chi connectivity index (χ1v) is 5.21. The van der Waals surface area contributed by atoms with E-state index in [0.717, 1.165) is 6.42 Å². The average molecular weight is 184 g/mol. The van der Waals surface area contributed by atoms with Gasteiger partial charge in [-0.2, -0.15) is 0 Å². The van der Waals surface area contributed by atoms with Gasteiger partial charge in [0.05, 0.1) is 6.04 Å². The van der Waals surface area contributed by atoms with Crippen molar-refractivity contribution in [1.82, 2.24) is 5.32 Å². The van der Waals surface area contributed by atoms with Gasteiger partial charge >= 0.3 is 0 Å². The zero-order valence-electron chi connectivity index (χ0n) is 8.38. The molecular weight excluding hydrogens is 164 g/mol. The van der Waals surface area contributed by atoms with Crippen LogP contribution < -0.4 is 11.1 Å². The number of hydrogen-bond acceptors (Lipinski definition) is 2. The Morgan fingerprint density at radius 1 is 1.46 bits per heavy atom. The van der Waals surface area contributed by atoms with Crippen LogP contribution in [0.5, 0.6) is 0 Å². The van der Waals surface area contributed by atoms with Crippen molar-refractivity contribution in [3.63, 3.8) is 0 Å². The summed E-state index contributed by atoms with van der Waals surface area (Å²) in [6.07, 6.45) is 7.34. The van der Waals surface area contributed by atoms with Crippen LogP contribution in [0.2, 0.25) is 0 Å². The molecule has 0 aromatic heterocycles. The van der Waals surface area contributed by atoms with Crippen molar-refractivity contribution < 1.29 is 4.79 Å². The molecule has 0 saturated heterocycles. The molecule has 0 bridgehead atoms. The number of amides is 1. The van der Waals surface area contributed by atoms with E-state index in [0.29, 0.717) is 5.92 Å². The normalized spacial score (nSPS) is 21.1. The van der Waals surface area contributed by atoms with E-state index in [1.807, 2.05) is 0 Å². The topological polar surface area (TPSA) is 55.1 Å². The second kappa shape index (κ2) is 5.22. The maximum absolute atomic E-state index is 11.1. The first-order chi connectivity index (χ1) is 6.24. The summed E-state index contributed by atoms with van der Waals surface area (Å²) in [5, 5.41) is 2.59. The summed E-state index contributed by atoms with van der Waals surface area (Å²) in [7, 11) is 1.64. The Balaban J connectivity index is 2.25. The third-order valence-corrected chi connectivity index (χ3v) is 2.90. The molecule has 0 radical (unpaired) electrons. The highest BCUT2D eigenvalue weighted by Crippen LogP contribution is 2.26. The van der Waals surface area contributed by atoms with Crippen LogP contribution >= 0.6 is 0 Å². The van der Waals surface area contributed by atoms with Gasteiger partial charge in [-0.25, -0.2) is 0 Å². The molecule has 76 valence electrons. The standard InChI is InChI=1S/C10H20N2O/c1-12-10(13)9(11)7-8-5-3-2-4-6-8/h8-9H,2-7,11H2,1H3,(H,12,13). The minimum Gasteiger partial charge on any atom is -0.358 e. The zero-order chi connectivity index (χ0) is 9.68. The van der Waals surface area contributed by atoms with Crippen molar-refractivity contribution in [3.8, 4) is 0 Å². The molecule has 0 spiro atoms. The summed E-state index contributed by atoms with van der Waals surface area (Å²) in [5.41, 5.74) is 5.75. The molecule has 1 aliphatic rings. The molecular formula is C10H20N2O. The number of nitrogens with two attached hydrogens (primary N) is 1. The number of hydrogen-bond donors (Lipinski definition) is 2. The molecule has 1 fully saturated rings. The fourth-order valence-corrected chi connectivity index (χ4v) is 2.07. The Kier molecular flexibility index (Phi) is 4.22. The smallest absolute Gasteiger partial charge is 0.236 e. The summed E-state index contributed by atoms with van der Waals surface area (Å²) in [6, 6.07) is -0.298. The molecule has 1 unspecified atom stereocenters. The zero-order valence-corrected chi connectivity index (χ0v) is 8.38. The van der Waals surface area contributed by atoms with Crippen LogP contribution in [0, 0.1) is 5.92 Å². The summed E-state index contributed by atoms with van der Waals surface area (Å²) in [4.78, 5) is 11.1. The molecule has 1 saturated carbocycles. The molecule has 0 aromatic rings. The van der Waals surface area contributed by atoms with Gasteiger partial charge in [0.1, 0.15) is 0 Å². The molecule has 3 nitrogen and oxygen atoms in total. The summed E-state index contributed by atoms with van der Waals surface area (Å²) in [6.45, 7) is 0. The van der Waals surface area contributed by atoms with Crippen molar-refractivity contribution >= 4 is 5.91 Å². The third-order valence-electron chi connectivity index (χ3n) is 2.90. The predicted molar refractivity (Wildman–Crippen MR) is 53.2 cm³/mol. The Hall–Kier alpha value is -0.570. The van der Waals surface area contributed by atoms with Crippen LogP contribution in [0.1, 0.15) is 38.5 Å². The second-order valence-corrected chi connectivity index (χ2v) is 3.96. The minimum atomic E-state index is -0.298. The molecule has 0 aromatic carbocycles. The fourth-order valence-electron chi connectivity index (χ4n) is 2.07. The maximum atomic E-state index is 11.1. The first kappa shape index (κ1) is 10.5.